The Morgan fingerprint density at radius 3 is 2.34 bits per heavy atom. The first-order valence-electron chi connectivity index (χ1n) is 9.50. The van der Waals surface area contributed by atoms with Crippen molar-refractivity contribution in [1.82, 2.24) is 4.57 Å². The first kappa shape index (κ1) is 19.6. The van der Waals surface area contributed by atoms with Gasteiger partial charge in [0, 0.05) is 49.8 Å². The van der Waals surface area contributed by atoms with Crippen LogP contribution in [0.2, 0.25) is 10.0 Å². The number of nitrogens with one attached hydrogen (secondary N) is 2. The predicted octanol–water partition coefficient (Wildman–Crippen LogP) is 6.56. The number of fused-ring (bicyclic) bond motifs is 3. The Kier molecular flexibility index (Phi) is 5.39. The molecule has 1 atom stereocenters. The highest BCUT2D eigenvalue weighted by molar-refractivity contribution is 6.35. The third-order valence-electron chi connectivity index (χ3n) is 5.00. The predicted molar refractivity (Wildman–Crippen MR) is 123 cm³/mol. The molecular weight excluding hydrogens is 405 g/mol. The Hall–Kier alpha value is -2.69. The van der Waals surface area contributed by atoms with Gasteiger partial charge in [0.1, 0.15) is 6.04 Å². The maximum absolute atomic E-state index is 12.7. The lowest BCUT2D eigenvalue weighted by Gasteiger charge is -2.16. The van der Waals surface area contributed by atoms with Gasteiger partial charge < -0.3 is 15.2 Å². The van der Waals surface area contributed by atoms with Gasteiger partial charge in [0.05, 0.1) is 0 Å². The molecule has 0 spiro atoms. The van der Waals surface area contributed by atoms with Crippen LogP contribution in [-0.2, 0) is 11.3 Å². The number of hydrogen-bond donors (Lipinski definition) is 2. The Bertz CT molecular complexity index is 1200. The molecule has 1 aromatic heterocycles. The highest BCUT2D eigenvalue weighted by Crippen LogP contribution is 2.31. The van der Waals surface area contributed by atoms with E-state index in [0.29, 0.717) is 15.7 Å². The maximum Gasteiger partial charge on any atom is 0.246 e. The van der Waals surface area contributed by atoms with Gasteiger partial charge in [-0.05, 0) is 56.3 Å². The van der Waals surface area contributed by atoms with Gasteiger partial charge in [-0.15, -0.1) is 0 Å². The smallest absolute Gasteiger partial charge is 0.246 e. The molecule has 2 N–H and O–H groups in total. The standard InChI is InChI=1S/C23H21Cl2N3O/c1-3-28-21-7-5-4-6-19(21)20-13-17(8-9-22(20)28)27-23(29)14(2)26-18-11-15(24)10-16(25)12-18/h4-14,26H,3H2,1-2H3,(H,27,29)/t14-/m0/s1. The van der Waals surface area contributed by atoms with Gasteiger partial charge in [0.15, 0.2) is 0 Å². The molecule has 29 heavy (non-hydrogen) atoms. The summed E-state index contributed by atoms with van der Waals surface area (Å²) < 4.78 is 2.28. The number of anilines is 2. The summed E-state index contributed by atoms with van der Waals surface area (Å²) in [6, 6.07) is 19.0. The SMILES string of the molecule is CCn1c2ccccc2c2cc(NC(=O)[C@H](C)Nc3cc(Cl)cc(Cl)c3)ccc21. The molecule has 0 bridgehead atoms. The highest BCUT2D eigenvalue weighted by Gasteiger charge is 2.15. The van der Waals surface area contributed by atoms with Crippen molar-refractivity contribution in [3.8, 4) is 0 Å². The Labute approximate surface area is 179 Å². The summed E-state index contributed by atoms with van der Waals surface area (Å²) in [5, 5.41) is 9.48. The summed E-state index contributed by atoms with van der Waals surface area (Å²) in [5.74, 6) is -0.139. The van der Waals surface area contributed by atoms with Crippen molar-refractivity contribution in [2.75, 3.05) is 10.6 Å². The third-order valence-corrected chi connectivity index (χ3v) is 5.43. The number of para-hydroxylation sites is 1. The molecule has 4 rings (SSSR count). The molecule has 6 heteroatoms. The lowest BCUT2D eigenvalue weighted by molar-refractivity contribution is -0.116. The van der Waals surface area contributed by atoms with E-state index >= 15 is 0 Å². The second kappa shape index (κ2) is 7.97. The van der Waals surface area contributed by atoms with Gasteiger partial charge >= 0.3 is 0 Å². The number of rotatable bonds is 5. The van der Waals surface area contributed by atoms with Crippen molar-refractivity contribution in [2.24, 2.45) is 0 Å². The Morgan fingerprint density at radius 2 is 1.62 bits per heavy atom. The van der Waals surface area contributed by atoms with Gasteiger partial charge in [0.25, 0.3) is 0 Å². The molecule has 0 saturated carbocycles. The van der Waals surface area contributed by atoms with E-state index in [9.17, 15) is 4.79 Å². The van der Waals surface area contributed by atoms with Gasteiger partial charge in [-0.25, -0.2) is 0 Å². The molecule has 4 nitrogen and oxygen atoms in total. The summed E-state index contributed by atoms with van der Waals surface area (Å²) in [6.45, 7) is 4.82. The second-order valence-corrected chi connectivity index (χ2v) is 7.88. The van der Waals surface area contributed by atoms with Gasteiger partial charge in [-0.3, -0.25) is 4.79 Å². The summed E-state index contributed by atoms with van der Waals surface area (Å²) >= 11 is 12.1. The molecule has 1 heterocycles. The lowest BCUT2D eigenvalue weighted by atomic mass is 10.1. The molecule has 0 radical (unpaired) electrons. The van der Waals surface area contributed by atoms with E-state index in [-0.39, 0.29) is 5.91 Å². The number of hydrogen-bond acceptors (Lipinski definition) is 2. The van der Waals surface area contributed by atoms with E-state index in [1.54, 1.807) is 25.1 Å². The molecule has 0 aliphatic rings. The summed E-state index contributed by atoms with van der Waals surface area (Å²) in [6.07, 6.45) is 0. The summed E-state index contributed by atoms with van der Waals surface area (Å²) in [4.78, 5) is 12.7. The fourth-order valence-corrected chi connectivity index (χ4v) is 4.20. The van der Waals surface area contributed by atoms with Crippen molar-refractivity contribution in [1.29, 1.82) is 0 Å². The molecule has 0 fully saturated rings. The van der Waals surface area contributed by atoms with Crippen LogP contribution >= 0.6 is 23.2 Å². The largest absolute Gasteiger partial charge is 0.374 e. The minimum atomic E-state index is -0.461. The number of benzene rings is 3. The number of halogens is 2. The highest BCUT2D eigenvalue weighted by atomic mass is 35.5. The van der Waals surface area contributed by atoms with Gasteiger partial charge in [-0.1, -0.05) is 41.4 Å². The van der Waals surface area contributed by atoms with Crippen molar-refractivity contribution >= 4 is 62.3 Å². The van der Waals surface area contributed by atoms with E-state index in [0.717, 1.165) is 23.1 Å². The zero-order valence-electron chi connectivity index (χ0n) is 16.2. The number of carbonyl (C=O) groups is 1. The van der Waals surface area contributed by atoms with Gasteiger partial charge in [-0.2, -0.15) is 0 Å². The first-order valence-corrected chi connectivity index (χ1v) is 10.3. The van der Waals surface area contributed by atoms with Crippen LogP contribution < -0.4 is 10.6 Å². The van der Waals surface area contributed by atoms with Crippen LogP contribution in [0.3, 0.4) is 0 Å². The van der Waals surface area contributed by atoms with E-state index in [1.165, 1.54) is 10.9 Å². The Morgan fingerprint density at radius 1 is 0.931 bits per heavy atom. The number of carbonyl (C=O) groups excluding carboxylic acids is 1. The average Bonchev–Trinajstić information content (AvgIpc) is 3.00. The quantitative estimate of drug-likeness (QED) is 0.380. The second-order valence-electron chi connectivity index (χ2n) is 7.01. The number of aryl methyl sites for hydroxylation is 1. The van der Waals surface area contributed by atoms with Crippen LogP contribution in [-0.4, -0.2) is 16.5 Å². The first-order chi connectivity index (χ1) is 14.0. The molecule has 4 aromatic rings. The normalized spacial score (nSPS) is 12.3. The minimum Gasteiger partial charge on any atom is -0.374 e. The van der Waals surface area contributed by atoms with Crippen LogP contribution in [0.5, 0.6) is 0 Å². The maximum atomic E-state index is 12.7. The fraction of sp³-hybridized carbons (Fsp3) is 0.174. The third kappa shape index (κ3) is 3.91. The van der Waals surface area contributed by atoms with Crippen molar-refractivity contribution in [3.05, 3.63) is 70.7 Å². The molecule has 0 aliphatic carbocycles. The number of nitrogens with zero attached hydrogens (tertiary/aromatic N) is 1. The molecule has 1 amide bonds. The minimum absolute atomic E-state index is 0.139. The monoisotopic (exact) mass is 425 g/mol. The molecule has 0 aliphatic heterocycles. The molecule has 148 valence electrons. The van der Waals surface area contributed by atoms with E-state index in [1.807, 2.05) is 24.3 Å². The fourth-order valence-electron chi connectivity index (χ4n) is 3.68. The number of amides is 1. The van der Waals surface area contributed by atoms with Crippen LogP contribution in [0.25, 0.3) is 21.8 Å². The van der Waals surface area contributed by atoms with E-state index in [2.05, 4.69) is 40.3 Å². The lowest BCUT2D eigenvalue weighted by Crippen LogP contribution is -2.31. The topological polar surface area (TPSA) is 46.1 Å². The molecular formula is C23H21Cl2N3O. The van der Waals surface area contributed by atoms with Crippen molar-refractivity contribution in [3.63, 3.8) is 0 Å². The van der Waals surface area contributed by atoms with Crippen molar-refractivity contribution < 1.29 is 4.79 Å². The zero-order chi connectivity index (χ0) is 20.5. The average molecular weight is 426 g/mol. The summed E-state index contributed by atoms with van der Waals surface area (Å²) in [7, 11) is 0. The summed E-state index contributed by atoms with van der Waals surface area (Å²) in [5.41, 5.74) is 3.82. The van der Waals surface area contributed by atoms with Crippen LogP contribution in [0.15, 0.2) is 60.7 Å². The van der Waals surface area contributed by atoms with E-state index < -0.39 is 6.04 Å². The Balaban J connectivity index is 1.58. The molecule has 0 unspecified atom stereocenters. The van der Waals surface area contributed by atoms with Crippen LogP contribution in [0, 0.1) is 0 Å². The van der Waals surface area contributed by atoms with Crippen LogP contribution in [0.4, 0.5) is 11.4 Å². The van der Waals surface area contributed by atoms with E-state index in [4.69, 9.17) is 23.2 Å². The molecule has 0 saturated heterocycles. The molecule has 3 aromatic carbocycles. The number of aromatic nitrogens is 1. The zero-order valence-corrected chi connectivity index (χ0v) is 17.7. The van der Waals surface area contributed by atoms with Crippen LogP contribution in [0.1, 0.15) is 13.8 Å². The van der Waals surface area contributed by atoms with Crippen molar-refractivity contribution in [2.45, 2.75) is 26.4 Å². The van der Waals surface area contributed by atoms with Gasteiger partial charge in [0.2, 0.25) is 5.91 Å².